The van der Waals surface area contributed by atoms with E-state index >= 15 is 0 Å². The molecule has 0 radical (unpaired) electrons. The largest absolute Gasteiger partial charge is 0.493 e. The maximum absolute atomic E-state index is 12.6. The van der Waals surface area contributed by atoms with E-state index in [2.05, 4.69) is 5.32 Å². The van der Waals surface area contributed by atoms with Crippen LogP contribution in [0.4, 0.5) is 5.00 Å². The number of amides is 1. The van der Waals surface area contributed by atoms with Crippen LogP contribution in [0.5, 0.6) is 5.75 Å². The van der Waals surface area contributed by atoms with Crippen LogP contribution in [0.15, 0.2) is 24.3 Å². The summed E-state index contributed by atoms with van der Waals surface area (Å²) < 4.78 is 10.3. The zero-order valence-corrected chi connectivity index (χ0v) is 14.4. The van der Waals surface area contributed by atoms with Gasteiger partial charge in [0.15, 0.2) is 0 Å². The maximum Gasteiger partial charge on any atom is 0.341 e. The first kappa shape index (κ1) is 17.0. The number of esters is 1. The lowest BCUT2D eigenvalue weighted by Gasteiger charge is -2.10. The van der Waals surface area contributed by atoms with Crippen LogP contribution in [0, 0.1) is 13.8 Å². The van der Waals surface area contributed by atoms with Crippen LogP contribution >= 0.6 is 11.3 Å². The van der Waals surface area contributed by atoms with Gasteiger partial charge in [-0.3, -0.25) is 4.79 Å². The number of rotatable bonds is 5. The molecule has 1 aromatic carbocycles. The molecule has 1 heterocycles. The van der Waals surface area contributed by atoms with E-state index in [9.17, 15) is 9.59 Å². The molecule has 0 aliphatic rings. The summed E-state index contributed by atoms with van der Waals surface area (Å²) in [5.74, 6) is -0.266. The number of carbonyl (C=O) groups is 2. The van der Waals surface area contributed by atoms with E-state index in [1.54, 1.807) is 24.3 Å². The summed E-state index contributed by atoms with van der Waals surface area (Å²) in [6.45, 7) is 6.06. The monoisotopic (exact) mass is 333 g/mol. The van der Waals surface area contributed by atoms with E-state index < -0.39 is 5.97 Å². The highest BCUT2D eigenvalue weighted by Gasteiger charge is 2.22. The third kappa shape index (κ3) is 3.53. The molecule has 1 N–H and O–H groups in total. The summed E-state index contributed by atoms with van der Waals surface area (Å²) in [5.41, 5.74) is 1.64. The second kappa shape index (κ2) is 7.28. The Hall–Kier alpha value is -2.34. The molecular formula is C17H19NO4S. The lowest BCUT2D eigenvalue weighted by molar-refractivity contribution is 0.0601. The van der Waals surface area contributed by atoms with E-state index in [1.807, 2.05) is 20.8 Å². The molecule has 0 aliphatic carbocycles. The van der Waals surface area contributed by atoms with E-state index in [0.29, 0.717) is 28.5 Å². The first-order valence-corrected chi connectivity index (χ1v) is 8.02. The topological polar surface area (TPSA) is 64.6 Å². The van der Waals surface area contributed by atoms with Crippen molar-refractivity contribution in [2.45, 2.75) is 20.8 Å². The van der Waals surface area contributed by atoms with Crippen molar-refractivity contribution < 1.29 is 19.1 Å². The third-order valence-electron chi connectivity index (χ3n) is 3.43. The fourth-order valence-electron chi connectivity index (χ4n) is 2.17. The van der Waals surface area contributed by atoms with Crippen LogP contribution in [0.1, 0.15) is 38.1 Å². The average molecular weight is 333 g/mol. The Labute approximate surface area is 139 Å². The van der Waals surface area contributed by atoms with Gasteiger partial charge >= 0.3 is 5.97 Å². The van der Waals surface area contributed by atoms with Gasteiger partial charge in [-0.15, -0.1) is 11.3 Å². The summed E-state index contributed by atoms with van der Waals surface area (Å²) in [7, 11) is 1.32. The van der Waals surface area contributed by atoms with E-state index in [4.69, 9.17) is 9.47 Å². The number of benzene rings is 1. The van der Waals surface area contributed by atoms with Crippen molar-refractivity contribution in [1.82, 2.24) is 0 Å². The Balaban J connectivity index is 2.35. The highest BCUT2D eigenvalue weighted by atomic mass is 32.1. The number of hydrogen-bond donors (Lipinski definition) is 1. The molecule has 2 rings (SSSR count). The number of methoxy groups -OCH3 is 1. The van der Waals surface area contributed by atoms with Gasteiger partial charge in [0, 0.05) is 4.88 Å². The molecule has 0 fully saturated rings. The minimum absolute atomic E-state index is 0.319. The minimum Gasteiger partial charge on any atom is -0.493 e. The number of thiophene rings is 1. The summed E-state index contributed by atoms with van der Waals surface area (Å²) in [4.78, 5) is 25.5. The van der Waals surface area contributed by atoms with Crippen molar-refractivity contribution in [3.8, 4) is 5.75 Å². The van der Waals surface area contributed by atoms with Crippen molar-refractivity contribution >= 4 is 28.2 Å². The summed E-state index contributed by atoms with van der Waals surface area (Å²) >= 11 is 1.35. The molecular weight excluding hydrogens is 314 g/mol. The van der Waals surface area contributed by atoms with Gasteiger partial charge in [-0.2, -0.15) is 0 Å². The van der Waals surface area contributed by atoms with E-state index in [1.165, 1.54) is 18.4 Å². The number of hydrogen-bond acceptors (Lipinski definition) is 5. The van der Waals surface area contributed by atoms with Crippen LogP contribution in [0.2, 0.25) is 0 Å². The number of carbonyl (C=O) groups excluding carboxylic acids is 2. The smallest absolute Gasteiger partial charge is 0.341 e. The molecule has 122 valence electrons. The van der Waals surface area contributed by atoms with Crippen LogP contribution in [-0.2, 0) is 4.74 Å². The summed E-state index contributed by atoms with van der Waals surface area (Å²) in [6, 6.07) is 7.00. The molecule has 0 bridgehead atoms. The molecule has 0 unspecified atom stereocenters. The first-order chi connectivity index (χ1) is 11.0. The second-order valence-corrected chi connectivity index (χ2v) is 6.09. The van der Waals surface area contributed by atoms with Crippen molar-refractivity contribution in [3.63, 3.8) is 0 Å². The van der Waals surface area contributed by atoms with Crippen LogP contribution in [-0.4, -0.2) is 25.6 Å². The summed E-state index contributed by atoms with van der Waals surface area (Å²) in [5, 5.41) is 3.29. The van der Waals surface area contributed by atoms with Gasteiger partial charge in [0.05, 0.1) is 24.8 Å². The van der Waals surface area contributed by atoms with Gasteiger partial charge in [-0.25, -0.2) is 4.79 Å². The Kier molecular flexibility index (Phi) is 5.39. The van der Waals surface area contributed by atoms with Gasteiger partial charge < -0.3 is 14.8 Å². The lowest BCUT2D eigenvalue weighted by Crippen LogP contribution is -2.15. The van der Waals surface area contributed by atoms with E-state index in [0.717, 1.165) is 10.4 Å². The van der Waals surface area contributed by atoms with Crippen LogP contribution in [0.25, 0.3) is 0 Å². The number of nitrogens with one attached hydrogen (secondary N) is 1. The molecule has 0 aliphatic heterocycles. The zero-order chi connectivity index (χ0) is 17.0. The molecule has 0 spiro atoms. The van der Waals surface area contributed by atoms with E-state index in [-0.39, 0.29) is 5.91 Å². The predicted molar refractivity (Wildman–Crippen MR) is 90.7 cm³/mol. The molecule has 5 nitrogen and oxygen atoms in total. The molecule has 23 heavy (non-hydrogen) atoms. The minimum atomic E-state index is -0.458. The standard InChI is InChI=1S/C17H19NO4S/c1-5-22-13-9-7-6-8-12(13)15(19)18-16-14(17(20)21-4)10(2)11(3)23-16/h6-9H,5H2,1-4H3,(H,18,19). The predicted octanol–water partition coefficient (Wildman–Crippen LogP) is 3.80. The first-order valence-electron chi connectivity index (χ1n) is 7.21. The number of para-hydroxylation sites is 1. The molecule has 0 saturated carbocycles. The van der Waals surface area contributed by atoms with Crippen molar-refractivity contribution in [2.24, 2.45) is 0 Å². The number of ether oxygens (including phenoxy) is 2. The summed E-state index contributed by atoms with van der Waals surface area (Å²) in [6.07, 6.45) is 0. The molecule has 2 aromatic rings. The average Bonchev–Trinajstić information content (AvgIpc) is 2.81. The van der Waals surface area contributed by atoms with Gasteiger partial charge in [0.1, 0.15) is 10.8 Å². The molecule has 0 atom stereocenters. The Morgan fingerprint density at radius 3 is 2.57 bits per heavy atom. The SMILES string of the molecule is CCOc1ccccc1C(=O)Nc1sc(C)c(C)c1C(=O)OC. The third-order valence-corrected chi connectivity index (χ3v) is 4.56. The Bertz CT molecular complexity index is 736. The van der Waals surface area contributed by atoms with Crippen molar-refractivity contribution in [3.05, 3.63) is 45.8 Å². The quantitative estimate of drug-likeness (QED) is 0.845. The maximum atomic E-state index is 12.6. The second-order valence-electron chi connectivity index (χ2n) is 4.86. The Morgan fingerprint density at radius 1 is 1.22 bits per heavy atom. The number of aryl methyl sites for hydroxylation is 1. The fraction of sp³-hybridized carbons (Fsp3) is 0.294. The normalized spacial score (nSPS) is 10.3. The van der Waals surface area contributed by atoms with Crippen molar-refractivity contribution in [2.75, 3.05) is 19.0 Å². The lowest BCUT2D eigenvalue weighted by atomic mass is 10.1. The van der Waals surface area contributed by atoms with Crippen LogP contribution < -0.4 is 10.1 Å². The van der Waals surface area contributed by atoms with Gasteiger partial charge in [-0.05, 0) is 38.5 Å². The van der Waals surface area contributed by atoms with Gasteiger partial charge in [-0.1, -0.05) is 12.1 Å². The highest BCUT2D eigenvalue weighted by Crippen LogP contribution is 2.33. The highest BCUT2D eigenvalue weighted by molar-refractivity contribution is 7.16. The zero-order valence-electron chi connectivity index (χ0n) is 13.6. The van der Waals surface area contributed by atoms with Gasteiger partial charge in [0.2, 0.25) is 0 Å². The van der Waals surface area contributed by atoms with Crippen LogP contribution in [0.3, 0.4) is 0 Å². The number of anilines is 1. The van der Waals surface area contributed by atoms with Crippen molar-refractivity contribution in [1.29, 1.82) is 0 Å². The fourth-order valence-corrected chi connectivity index (χ4v) is 3.21. The molecule has 6 heteroatoms. The molecule has 1 amide bonds. The molecule has 1 aromatic heterocycles. The molecule has 0 saturated heterocycles. The Morgan fingerprint density at radius 2 is 1.91 bits per heavy atom. The van der Waals surface area contributed by atoms with Gasteiger partial charge in [0.25, 0.3) is 5.91 Å².